The highest BCUT2D eigenvalue weighted by Crippen LogP contribution is 2.36. The Bertz CT molecular complexity index is 366. The van der Waals surface area contributed by atoms with E-state index in [4.69, 9.17) is 16.3 Å². The summed E-state index contributed by atoms with van der Waals surface area (Å²) in [6.07, 6.45) is 5.10. The maximum absolute atomic E-state index is 6.00. The maximum Gasteiger partial charge on any atom is 0.318 e. The lowest BCUT2D eigenvalue weighted by Gasteiger charge is -2.39. The molecule has 0 aromatic carbocycles. The van der Waals surface area contributed by atoms with Gasteiger partial charge in [0.1, 0.15) is 5.02 Å². The molecule has 1 heterocycles. The normalized spacial score (nSPS) is 18.1. The summed E-state index contributed by atoms with van der Waals surface area (Å²) in [6, 6.07) is 0.338. The van der Waals surface area contributed by atoms with Gasteiger partial charge >= 0.3 is 6.01 Å². The number of nitrogens with zero attached hydrogens (tertiary/aromatic N) is 2. The van der Waals surface area contributed by atoms with Crippen LogP contribution in [0, 0.1) is 0 Å². The third-order valence-electron chi connectivity index (χ3n) is 2.78. The molecular weight excluding hydrogens is 214 g/mol. The second kappa shape index (κ2) is 3.85. The van der Waals surface area contributed by atoms with Gasteiger partial charge in [0.25, 0.3) is 0 Å². The van der Waals surface area contributed by atoms with E-state index in [2.05, 4.69) is 22.2 Å². The highest BCUT2D eigenvalue weighted by Gasteiger charge is 2.32. The Morgan fingerprint density at radius 3 is 2.80 bits per heavy atom. The molecule has 4 nitrogen and oxygen atoms in total. The van der Waals surface area contributed by atoms with Crippen molar-refractivity contribution in [3.8, 4) is 6.01 Å². The van der Waals surface area contributed by atoms with Gasteiger partial charge in [0.2, 0.25) is 0 Å². The third kappa shape index (κ3) is 2.15. The summed E-state index contributed by atoms with van der Waals surface area (Å²) in [6.45, 7) is 2.17. The van der Waals surface area contributed by atoms with E-state index >= 15 is 0 Å². The van der Waals surface area contributed by atoms with Crippen molar-refractivity contribution in [2.45, 2.75) is 31.7 Å². The quantitative estimate of drug-likeness (QED) is 0.862. The molecule has 1 aliphatic rings. The molecule has 0 aliphatic heterocycles. The average molecular weight is 228 g/mol. The number of anilines is 1. The maximum atomic E-state index is 6.00. The van der Waals surface area contributed by atoms with Gasteiger partial charge < -0.3 is 10.1 Å². The van der Waals surface area contributed by atoms with E-state index in [1.807, 2.05) is 0 Å². The fourth-order valence-corrected chi connectivity index (χ4v) is 1.79. The Labute approximate surface area is 94.0 Å². The van der Waals surface area contributed by atoms with Crippen LogP contribution in [-0.4, -0.2) is 22.6 Å². The number of rotatable bonds is 3. The Hall–Kier alpha value is -1.03. The lowest BCUT2D eigenvalue weighted by atomic mass is 9.78. The SMILES string of the molecule is COc1ncc(Cl)c(NC2(C)CCC2)n1. The molecule has 0 spiro atoms. The average Bonchev–Trinajstić information content (AvgIpc) is 2.19. The smallest absolute Gasteiger partial charge is 0.318 e. The number of halogens is 1. The molecule has 1 aliphatic carbocycles. The Kier molecular flexibility index (Phi) is 2.69. The van der Waals surface area contributed by atoms with E-state index < -0.39 is 0 Å². The highest BCUT2D eigenvalue weighted by molar-refractivity contribution is 6.32. The third-order valence-corrected chi connectivity index (χ3v) is 3.06. The molecule has 2 rings (SSSR count). The van der Waals surface area contributed by atoms with Crippen LogP contribution in [0.4, 0.5) is 5.82 Å². The van der Waals surface area contributed by atoms with Crippen molar-refractivity contribution in [2.75, 3.05) is 12.4 Å². The largest absolute Gasteiger partial charge is 0.467 e. The van der Waals surface area contributed by atoms with Crippen LogP contribution in [0.25, 0.3) is 0 Å². The van der Waals surface area contributed by atoms with Crippen LogP contribution in [0.15, 0.2) is 6.20 Å². The van der Waals surface area contributed by atoms with Gasteiger partial charge in [0.15, 0.2) is 5.82 Å². The molecule has 1 N–H and O–H groups in total. The van der Waals surface area contributed by atoms with E-state index in [0.717, 1.165) is 12.8 Å². The van der Waals surface area contributed by atoms with Crippen molar-refractivity contribution in [3.63, 3.8) is 0 Å². The van der Waals surface area contributed by atoms with Crippen LogP contribution in [0.3, 0.4) is 0 Å². The summed E-state index contributed by atoms with van der Waals surface area (Å²) in [7, 11) is 1.54. The van der Waals surface area contributed by atoms with E-state index in [1.54, 1.807) is 6.20 Å². The van der Waals surface area contributed by atoms with E-state index in [1.165, 1.54) is 13.5 Å². The topological polar surface area (TPSA) is 47.0 Å². The zero-order valence-electron chi connectivity index (χ0n) is 8.88. The first-order chi connectivity index (χ1) is 7.13. The molecule has 1 saturated carbocycles. The molecule has 0 unspecified atom stereocenters. The van der Waals surface area contributed by atoms with E-state index in [9.17, 15) is 0 Å². The van der Waals surface area contributed by atoms with E-state index in [-0.39, 0.29) is 5.54 Å². The minimum Gasteiger partial charge on any atom is -0.467 e. The molecule has 0 radical (unpaired) electrons. The van der Waals surface area contributed by atoms with Gasteiger partial charge in [-0.25, -0.2) is 4.98 Å². The predicted octanol–water partition coefficient (Wildman–Crippen LogP) is 2.49. The minimum atomic E-state index is 0.128. The van der Waals surface area contributed by atoms with Gasteiger partial charge in [-0.3, -0.25) is 0 Å². The molecule has 1 aromatic heterocycles. The Morgan fingerprint density at radius 1 is 1.53 bits per heavy atom. The van der Waals surface area contributed by atoms with Gasteiger partial charge in [-0.15, -0.1) is 0 Å². The Balaban J connectivity index is 2.19. The summed E-state index contributed by atoms with van der Waals surface area (Å²) in [5.74, 6) is 0.658. The van der Waals surface area contributed by atoms with Gasteiger partial charge in [0, 0.05) is 5.54 Å². The van der Waals surface area contributed by atoms with Crippen LogP contribution >= 0.6 is 11.6 Å². The van der Waals surface area contributed by atoms with Crippen LogP contribution in [0.5, 0.6) is 6.01 Å². The van der Waals surface area contributed by atoms with Gasteiger partial charge in [-0.1, -0.05) is 11.6 Å². The number of hydrogen-bond donors (Lipinski definition) is 1. The molecule has 1 fully saturated rings. The standard InChI is InChI=1S/C10H14ClN3O/c1-10(4-3-5-10)14-8-7(11)6-12-9(13-8)15-2/h6H,3-5H2,1-2H3,(H,12,13,14). The summed E-state index contributed by atoms with van der Waals surface area (Å²) in [5.41, 5.74) is 0.128. The van der Waals surface area contributed by atoms with Gasteiger partial charge in [0.05, 0.1) is 13.3 Å². The first kappa shape index (κ1) is 10.5. The molecule has 0 atom stereocenters. The van der Waals surface area contributed by atoms with Crippen molar-refractivity contribution in [3.05, 3.63) is 11.2 Å². The van der Waals surface area contributed by atoms with Crippen LogP contribution < -0.4 is 10.1 Å². The second-order valence-electron chi connectivity index (χ2n) is 4.09. The molecule has 1 aromatic rings. The molecule has 5 heteroatoms. The Morgan fingerprint density at radius 2 is 2.27 bits per heavy atom. The lowest BCUT2D eigenvalue weighted by molar-refractivity contribution is 0.305. The summed E-state index contributed by atoms with van der Waals surface area (Å²) in [5, 5.41) is 3.87. The minimum absolute atomic E-state index is 0.128. The fourth-order valence-electron chi connectivity index (χ4n) is 1.65. The van der Waals surface area contributed by atoms with Crippen LogP contribution in [0.1, 0.15) is 26.2 Å². The van der Waals surface area contributed by atoms with Crippen molar-refractivity contribution in [1.29, 1.82) is 0 Å². The highest BCUT2D eigenvalue weighted by atomic mass is 35.5. The van der Waals surface area contributed by atoms with Crippen molar-refractivity contribution >= 4 is 17.4 Å². The first-order valence-electron chi connectivity index (χ1n) is 4.98. The number of hydrogen-bond acceptors (Lipinski definition) is 4. The first-order valence-corrected chi connectivity index (χ1v) is 5.35. The lowest BCUT2D eigenvalue weighted by Crippen LogP contribution is -2.42. The summed E-state index contributed by atoms with van der Waals surface area (Å²) in [4.78, 5) is 8.11. The monoisotopic (exact) mass is 227 g/mol. The summed E-state index contributed by atoms with van der Waals surface area (Å²) < 4.78 is 4.96. The molecule has 0 bridgehead atoms. The predicted molar refractivity (Wildman–Crippen MR) is 59.5 cm³/mol. The van der Waals surface area contributed by atoms with Gasteiger partial charge in [-0.05, 0) is 26.2 Å². The van der Waals surface area contributed by atoms with Crippen molar-refractivity contribution in [1.82, 2.24) is 9.97 Å². The van der Waals surface area contributed by atoms with Crippen LogP contribution in [-0.2, 0) is 0 Å². The number of methoxy groups -OCH3 is 1. The van der Waals surface area contributed by atoms with Crippen molar-refractivity contribution in [2.24, 2.45) is 0 Å². The zero-order valence-corrected chi connectivity index (χ0v) is 9.64. The van der Waals surface area contributed by atoms with Crippen molar-refractivity contribution < 1.29 is 4.74 Å². The number of aromatic nitrogens is 2. The molecular formula is C10H14ClN3O. The zero-order chi connectivity index (χ0) is 10.9. The second-order valence-corrected chi connectivity index (χ2v) is 4.50. The summed E-state index contributed by atoms with van der Waals surface area (Å²) >= 11 is 6.00. The number of nitrogens with one attached hydrogen (secondary N) is 1. The van der Waals surface area contributed by atoms with Gasteiger partial charge in [-0.2, -0.15) is 4.98 Å². The number of ether oxygens (including phenoxy) is 1. The fraction of sp³-hybridized carbons (Fsp3) is 0.600. The van der Waals surface area contributed by atoms with Crippen LogP contribution in [0.2, 0.25) is 5.02 Å². The molecule has 15 heavy (non-hydrogen) atoms. The molecule has 0 saturated heterocycles. The molecule has 82 valence electrons. The van der Waals surface area contributed by atoms with E-state index in [0.29, 0.717) is 16.9 Å². The molecule has 0 amide bonds.